The maximum Gasteiger partial charge on any atom is 0.0826 e. The molecule has 1 aromatic carbocycles. The van der Waals surface area contributed by atoms with Crippen molar-refractivity contribution in [2.24, 2.45) is 0 Å². The predicted octanol–water partition coefficient (Wildman–Crippen LogP) is 3.26. The van der Waals surface area contributed by atoms with E-state index in [1.165, 1.54) is 0 Å². The lowest BCUT2D eigenvalue weighted by atomic mass is 10.1. The summed E-state index contributed by atoms with van der Waals surface area (Å²) in [6.45, 7) is 1.83. The molecule has 0 fully saturated rings. The number of benzene rings is 1. The summed E-state index contributed by atoms with van der Waals surface area (Å²) in [6, 6.07) is 7.36. The molecule has 11 heavy (non-hydrogen) atoms. The van der Waals surface area contributed by atoms with E-state index >= 15 is 0 Å². The van der Waals surface area contributed by atoms with Gasteiger partial charge in [-0.3, -0.25) is 0 Å². The molecule has 0 saturated carbocycles. The first kappa shape index (κ1) is 8.15. The fourth-order valence-corrected chi connectivity index (χ4v) is 0.999. The van der Waals surface area contributed by atoms with Gasteiger partial charge in [0, 0.05) is 5.02 Å². The molecule has 0 spiro atoms. The van der Waals surface area contributed by atoms with Gasteiger partial charge in [-0.2, -0.15) is 0 Å². The maximum atomic E-state index is 8.67. The van der Waals surface area contributed by atoms with Crippen LogP contribution < -0.4 is 0 Å². The molecule has 0 aromatic heterocycles. The van der Waals surface area contributed by atoms with Gasteiger partial charge in [-0.15, -0.1) is 0 Å². The highest BCUT2D eigenvalue weighted by atomic mass is 35.5. The summed E-state index contributed by atoms with van der Waals surface area (Å²) in [5.74, 6) is 0. The minimum atomic E-state index is 0.684. The molecule has 1 nitrogen and oxygen atoms in total. The van der Waals surface area contributed by atoms with Crippen molar-refractivity contribution in [2.45, 2.75) is 6.92 Å². The zero-order valence-corrected chi connectivity index (χ0v) is 6.97. The first-order valence-corrected chi connectivity index (χ1v) is 3.69. The number of rotatable bonds is 1. The maximum absolute atomic E-state index is 8.67. The lowest BCUT2D eigenvalue weighted by Gasteiger charge is -1.98. The third kappa shape index (κ3) is 1.99. The van der Waals surface area contributed by atoms with Crippen molar-refractivity contribution in [3.8, 4) is 0 Å². The summed E-state index contributed by atoms with van der Waals surface area (Å²) >= 11 is 5.74. The van der Waals surface area contributed by atoms with Gasteiger partial charge in [0.25, 0.3) is 0 Å². The van der Waals surface area contributed by atoms with Crippen LogP contribution >= 0.6 is 11.6 Å². The molecule has 0 unspecified atom stereocenters. The number of aliphatic hydroxyl groups is 1. The zero-order chi connectivity index (χ0) is 8.27. The molecule has 0 aliphatic rings. The minimum absolute atomic E-state index is 0.684. The van der Waals surface area contributed by atoms with Crippen LogP contribution in [0.25, 0.3) is 5.57 Å². The molecule has 0 saturated heterocycles. The Bertz CT molecular complexity index is 279. The molecule has 0 aliphatic carbocycles. The molecule has 2 heteroatoms. The van der Waals surface area contributed by atoms with Gasteiger partial charge in [0.2, 0.25) is 0 Å². The fraction of sp³-hybridized carbons (Fsp3) is 0.111. The quantitative estimate of drug-likeness (QED) is 0.639. The van der Waals surface area contributed by atoms with Gasteiger partial charge in [0.05, 0.1) is 6.26 Å². The lowest BCUT2D eigenvalue weighted by molar-refractivity contribution is 0.475. The zero-order valence-electron chi connectivity index (χ0n) is 6.21. The third-order valence-corrected chi connectivity index (χ3v) is 1.71. The van der Waals surface area contributed by atoms with Crippen LogP contribution in [0.2, 0.25) is 5.02 Å². The molecule has 0 atom stereocenters. The molecule has 0 bridgehead atoms. The fourth-order valence-electron chi connectivity index (χ4n) is 0.808. The molecular weight excluding hydrogens is 160 g/mol. The van der Waals surface area contributed by atoms with Crippen LogP contribution in [-0.2, 0) is 0 Å². The van der Waals surface area contributed by atoms with Crippen molar-refractivity contribution in [1.82, 2.24) is 0 Å². The Labute approximate surface area is 70.9 Å². The van der Waals surface area contributed by atoms with E-state index < -0.39 is 0 Å². The molecule has 0 radical (unpaired) electrons. The van der Waals surface area contributed by atoms with Gasteiger partial charge in [-0.25, -0.2) is 0 Å². The Morgan fingerprint density at radius 2 is 2.27 bits per heavy atom. The van der Waals surface area contributed by atoms with Crippen molar-refractivity contribution >= 4 is 17.2 Å². The predicted molar refractivity (Wildman–Crippen MR) is 47.7 cm³/mol. The molecule has 0 aliphatic heterocycles. The van der Waals surface area contributed by atoms with Crippen molar-refractivity contribution in [1.29, 1.82) is 0 Å². The SMILES string of the molecule is CC(=CO)c1cccc(Cl)c1. The van der Waals surface area contributed by atoms with Gasteiger partial charge in [-0.05, 0) is 30.2 Å². The van der Waals surface area contributed by atoms with Crippen molar-refractivity contribution in [3.05, 3.63) is 41.1 Å². The Morgan fingerprint density at radius 3 is 2.82 bits per heavy atom. The standard InChI is InChI=1S/C9H9ClO/c1-7(6-11)8-3-2-4-9(10)5-8/h2-6,11H,1H3. The van der Waals surface area contributed by atoms with Crippen LogP contribution in [0.5, 0.6) is 0 Å². The van der Waals surface area contributed by atoms with E-state index in [9.17, 15) is 0 Å². The van der Waals surface area contributed by atoms with Crippen LogP contribution in [0.15, 0.2) is 30.5 Å². The van der Waals surface area contributed by atoms with Crippen molar-refractivity contribution in [2.75, 3.05) is 0 Å². The first-order valence-electron chi connectivity index (χ1n) is 3.31. The number of halogens is 1. The first-order chi connectivity index (χ1) is 5.24. The van der Waals surface area contributed by atoms with E-state index in [4.69, 9.17) is 16.7 Å². The van der Waals surface area contributed by atoms with Crippen LogP contribution in [0.1, 0.15) is 12.5 Å². The number of hydrogen-bond acceptors (Lipinski definition) is 1. The van der Waals surface area contributed by atoms with Crippen LogP contribution in [0.4, 0.5) is 0 Å². The molecule has 1 N–H and O–H groups in total. The van der Waals surface area contributed by atoms with E-state index in [-0.39, 0.29) is 0 Å². The average Bonchev–Trinajstić information content (AvgIpc) is 2.03. The lowest BCUT2D eigenvalue weighted by Crippen LogP contribution is -1.77. The molecule has 1 rings (SSSR count). The van der Waals surface area contributed by atoms with Gasteiger partial charge >= 0.3 is 0 Å². The van der Waals surface area contributed by atoms with Crippen LogP contribution in [0, 0.1) is 0 Å². The summed E-state index contributed by atoms with van der Waals surface area (Å²) in [4.78, 5) is 0. The van der Waals surface area contributed by atoms with Gasteiger partial charge < -0.3 is 5.11 Å². The van der Waals surface area contributed by atoms with Gasteiger partial charge in [0.1, 0.15) is 0 Å². The number of hydrogen-bond donors (Lipinski definition) is 1. The van der Waals surface area contributed by atoms with E-state index in [1.54, 1.807) is 6.07 Å². The monoisotopic (exact) mass is 168 g/mol. The van der Waals surface area contributed by atoms with Crippen molar-refractivity contribution < 1.29 is 5.11 Å². The number of aliphatic hydroxyl groups excluding tert-OH is 1. The smallest absolute Gasteiger partial charge is 0.0826 e. The summed E-state index contributed by atoms with van der Waals surface area (Å²) in [5, 5.41) is 9.36. The summed E-state index contributed by atoms with van der Waals surface area (Å²) in [6.07, 6.45) is 1.08. The van der Waals surface area contributed by atoms with E-state index in [0.717, 1.165) is 17.4 Å². The second kappa shape index (κ2) is 3.44. The normalized spacial score (nSPS) is 11.6. The molecule has 0 heterocycles. The highest BCUT2D eigenvalue weighted by Gasteiger charge is 1.94. The Kier molecular flexibility index (Phi) is 2.55. The van der Waals surface area contributed by atoms with Crippen molar-refractivity contribution in [3.63, 3.8) is 0 Å². The minimum Gasteiger partial charge on any atom is -0.515 e. The second-order valence-electron chi connectivity index (χ2n) is 2.32. The summed E-state index contributed by atoms with van der Waals surface area (Å²) < 4.78 is 0. The highest BCUT2D eigenvalue weighted by molar-refractivity contribution is 6.30. The van der Waals surface area contributed by atoms with E-state index in [2.05, 4.69) is 0 Å². The molecular formula is C9H9ClO. The average molecular weight is 169 g/mol. The van der Waals surface area contributed by atoms with Crippen LogP contribution in [-0.4, -0.2) is 5.11 Å². The Morgan fingerprint density at radius 1 is 1.55 bits per heavy atom. The summed E-state index contributed by atoms with van der Waals surface area (Å²) in [5.41, 5.74) is 1.76. The third-order valence-electron chi connectivity index (χ3n) is 1.47. The summed E-state index contributed by atoms with van der Waals surface area (Å²) in [7, 11) is 0. The van der Waals surface area contributed by atoms with E-state index in [1.807, 2.05) is 25.1 Å². The molecule has 0 amide bonds. The highest BCUT2D eigenvalue weighted by Crippen LogP contribution is 2.17. The Hall–Kier alpha value is -0.950. The Balaban J connectivity index is 3.06. The molecule has 1 aromatic rings. The largest absolute Gasteiger partial charge is 0.515 e. The topological polar surface area (TPSA) is 20.2 Å². The van der Waals surface area contributed by atoms with Gasteiger partial charge in [0.15, 0.2) is 0 Å². The van der Waals surface area contributed by atoms with E-state index in [0.29, 0.717) is 5.02 Å². The van der Waals surface area contributed by atoms with Crippen LogP contribution in [0.3, 0.4) is 0 Å². The molecule has 58 valence electrons. The van der Waals surface area contributed by atoms with Gasteiger partial charge in [-0.1, -0.05) is 23.7 Å². The second-order valence-corrected chi connectivity index (χ2v) is 2.76. The number of allylic oxidation sites excluding steroid dienone is 1.